The Labute approximate surface area is 142 Å². The molecule has 0 atom stereocenters. The lowest BCUT2D eigenvalue weighted by molar-refractivity contribution is -0.137. The molecule has 0 aliphatic heterocycles. The Morgan fingerprint density at radius 3 is 2.36 bits per heavy atom. The lowest BCUT2D eigenvalue weighted by Crippen LogP contribution is -2.29. The summed E-state index contributed by atoms with van der Waals surface area (Å²) < 4.78 is 44.8. The third-order valence-electron chi connectivity index (χ3n) is 3.16. The number of hydrogen-bond donors (Lipinski definition) is 1. The van der Waals surface area contributed by atoms with Crippen molar-refractivity contribution >= 4 is 11.6 Å². The Bertz CT molecular complexity index is 774. The number of ether oxygens (including phenoxy) is 1. The molecule has 0 unspecified atom stereocenters. The Morgan fingerprint density at radius 1 is 1.12 bits per heavy atom. The minimum absolute atomic E-state index is 0.0404. The van der Waals surface area contributed by atoms with Gasteiger partial charge in [-0.15, -0.1) is 0 Å². The van der Waals surface area contributed by atoms with E-state index in [9.17, 15) is 18.0 Å². The summed E-state index contributed by atoms with van der Waals surface area (Å²) in [4.78, 5) is 16.6. The molecule has 0 spiro atoms. The summed E-state index contributed by atoms with van der Waals surface area (Å²) in [7, 11) is 2.52. The van der Waals surface area contributed by atoms with Crippen molar-refractivity contribution < 1.29 is 27.5 Å². The number of halogens is 3. The van der Waals surface area contributed by atoms with Crippen LogP contribution in [0.3, 0.4) is 0 Å². The second-order valence-corrected chi connectivity index (χ2v) is 4.83. The van der Waals surface area contributed by atoms with Crippen LogP contribution in [-0.2, 0) is 15.8 Å². The summed E-state index contributed by atoms with van der Waals surface area (Å²) in [6.45, 7) is 0. The van der Waals surface area contributed by atoms with Crippen LogP contribution in [0.5, 0.6) is 11.5 Å². The predicted octanol–water partition coefficient (Wildman–Crippen LogP) is 3.59. The lowest BCUT2D eigenvalue weighted by atomic mass is 10.0. The molecule has 0 fully saturated rings. The molecule has 0 radical (unpaired) electrons. The van der Waals surface area contributed by atoms with Crippen LogP contribution in [0.1, 0.15) is 11.1 Å². The van der Waals surface area contributed by atoms with E-state index >= 15 is 0 Å². The number of oxime groups is 1. The largest absolute Gasteiger partial charge is 0.457 e. The first-order valence-corrected chi connectivity index (χ1v) is 7.14. The van der Waals surface area contributed by atoms with E-state index in [1.54, 1.807) is 30.3 Å². The van der Waals surface area contributed by atoms with E-state index in [0.29, 0.717) is 5.75 Å². The van der Waals surface area contributed by atoms with Gasteiger partial charge in [0, 0.05) is 7.05 Å². The van der Waals surface area contributed by atoms with Gasteiger partial charge in [0.2, 0.25) is 0 Å². The smallest absolute Gasteiger partial charge is 0.416 e. The highest BCUT2D eigenvalue weighted by atomic mass is 19.4. The second-order valence-electron chi connectivity index (χ2n) is 4.83. The minimum atomic E-state index is -4.58. The van der Waals surface area contributed by atoms with Gasteiger partial charge in [-0.1, -0.05) is 23.4 Å². The molecule has 132 valence electrons. The van der Waals surface area contributed by atoms with Crippen LogP contribution in [0.2, 0.25) is 0 Å². The van der Waals surface area contributed by atoms with E-state index < -0.39 is 17.6 Å². The molecular weight excluding hydrogens is 337 g/mol. The zero-order valence-electron chi connectivity index (χ0n) is 13.4. The summed E-state index contributed by atoms with van der Waals surface area (Å²) in [5.74, 6) is -0.269. The topological polar surface area (TPSA) is 59.9 Å². The summed E-state index contributed by atoms with van der Waals surface area (Å²) in [5, 5.41) is 5.86. The number of nitrogens with zero attached hydrogens (tertiary/aromatic N) is 1. The zero-order chi connectivity index (χ0) is 18.4. The molecule has 0 heterocycles. The maximum atomic E-state index is 13.0. The summed E-state index contributed by atoms with van der Waals surface area (Å²) in [6.07, 6.45) is -4.58. The highest BCUT2D eigenvalue weighted by molar-refractivity contribution is 6.45. The van der Waals surface area contributed by atoms with Gasteiger partial charge < -0.3 is 14.9 Å². The molecule has 25 heavy (non-hydrogen) atoms. The standard InChI is InChI=1S/C17H15F3N2O3/c1-21-16(23)15(22-24-2)13-10-11(17(18,19)20)8-9-14(13)25-12-6-4-3-5-7-12/h3-10H,1-2H3,(H,21,23). The maximum Gasteiger partial charge on any atom is 0.416 e. The number of carbonyl (C=O) groups is 1. The van der Waals surface area contributed by atoms with Gasteiger partial charge in [-0.3, -0.25) is 4.79 Å². The zero-order valence-corrected chi connectivity index (χ0v) is 13.4. The lowest BCUT2D eigenvalue weighted by Gasteiger charge is -2.15. The fourth-order valence-electron chi connectivity index (χ4n) is 2.02. The van der Waals surface area contributed by atoms with E-state index in [2.05, 4.69) is 15.3 Å². The molecular formula is C17H15F3N2O3. The van der Waals surface area contributed by atoms with Gasteiger partial charge >= 0.3 is 6.18 Å². The van der Waals surface area contributed by atoms with Crippen molar-refractivity contribution in [1.29, 1.82) is 0 Å². The van der Waals surface area contributed by atoms with Crippen LogP contribution in [0, 0.1) is 0 Å². The Balaban J connectivity index is 2.58. The van der Waals surface area contributed by atoms with Crippen molar-refractivity contribution in [2.24, 2.45) is 5.16 Å². The quantitative estimate of drug-likeness (QED) is 0.661. The van der Waals surface area contributed by atoms with Crippen LogP contribution in [0.15, 0.2) is 53.7 Å². The molecule has 1 amide bonds. The van der Waals surface area contributed by atoms with Gasteiger partial charge in [0.1, 0.15) is 18.6 Å². The van der Waals surface area contributed by atoms with Crippen molar-refractivity contribution in [3.05, 3.63) is 59.7 Å². The number of rotatable bonds is 5. The highest BCUT2D eigenvalue weighted by Gasteiger charge is 2.32. The monoisotopic (exact) mass is 352 g/mol. The molecule has 0 aliphatic carbocycles. The molecule has 0 aromatic heterocycles. The number of amides is 1. The molecule has 0 aliphatic rings. The first-order chi connectivity index (χ1) is 11.9. The van der Waals surface area contributed by atoms with Crippen molar-refractivity contribution in [3.8, 4) is 11.5 Å². The van der Waals surface area contributed by atoms with E-state index in [4.69, 9.17) is 4.74 Å². The highest BCUT2D eigenvalue weighted by Crippen LogP contribution is 2.34. The molecule has 5 nitrogen and oxygen atoms in total. The first kappa shape index (κ1) is 18.3. The number of alkyl halides is 3. The van der Waals surface area contributed by atoms with Crippen LogP contribution in [-0.4, -0.2) is 25.8 Å². The van der Waals surface area contributed by atoms with Gasteiger partial charge in [-0.2, -0.15) is 13.2 Å². The second kappa shape index (κ2) is 7.69. The summed E-state index contributed by atoms with van der Waals surface area (Å²) >= 11 is 0. The molecule has 2 rings (SSSR count). The number of nitrogens with one attached hydrogen (secondary N) is 1. The molecule has 0 saturated heterocycles. The van der Waals surface area contributed by atoms with Crippen LogP contribution in [0.25, 0.3) is 0 Å². The molecule has 2 aromatic carbocycles. The minimum Gasteiger partial charge on any atom is -0.457 e. The summed E-state index contributed by atoms with van der Waals surface area (Å²) in [5.41, 5.74) is -1.41. The average molecular weight is 352 g/mol. The number of benzene rings is 2. The maximum absolute atomic E-state index is 13.0. The Hall–Kier alpha value is -3.03. The molecule has 8 heteroatoms. The normalized spacial score (nSPS) is 11.8. The number of para-hydroxylation sites is 1. The molecule has 0 saturated carbocycles. The molecule has 0 bridgehead atoms. The predicted molar refractivity (Wildman–Crippen MR) is 85.6 cm³/mol. The molecule has 1 N–H and O–H groups in total. The number of likely N-dealkylation sites (N-methyl/N-ethyl adjacent to an activating group) is 1. The van der Waals surface area contributed by atoms with E-state index in [1.165, 1.54) is 14.2 Å². The van der Waals surface area contributed by atoms with Crippen LogP contribution in [0.4, 0.5) is 13.2 Å². The third-order valence-corrected chi connectivity index (χ3v) is 3.16. The van der Waals surface area contributed by atoms with Gasteiger partial charge in [0.15, 0.2) is 5.71 Å². The van der Waals surface area contributed by atoms with Crippen LogP contribution < -0.4 is 10.1 Å². The van der Waals surface area contributed by atoms with Gasteiger partial charge in [-0.25, -0.2) is 0 Å². The average Bonchev–Trinajstić information content (AvgIpc) is 2.59. The van der Waals surface area contributed by atoms with E-state index in [1.807, 2.05) is 0 Å². The van der Waals surface area contributed by atoms with Crippen molar-refractivity contribution in [2.75, 3.05) is 14.2 Å². The fraction of sp³-hybridized carbons (Fsp3) is 0.176. The Kier molecular flexibility index (Phi) is 5.63. The van der Waals surface area contributed by atoms with Crippen LogP contribution >= 0.6 is 0 Å². The first-order valence-electron chi connectivity index (χ1n) is 7.14. The number of carbonyl (C=O) groups excluding carboxylic acids is 1. The van der Waals surface area contributed by atoms with E-state index in [-0.39, 0.29) is 17.0 Å². The van der Waals surface area contributed by atoms with Gasteiger partial charge in [-0.05, 0) is 30.3 Å². The van der Waals surface area contributed by atoms with Gasteiger partial charge in [0.25, 0.3) is 5.91 Å². The van der Waals surface area contributed by atoms with E-state index in [0.717, 1.165) is 18.2 Å². The SMILES string of the molecule is CNC(=O)C(=NOC)c1cc(C(F)(F)F)ccc1Oc1ccccc1. The molecule has 2 aromatic rings. The van der Waals surface area contributed by atoms with Crippen molar-refractivity contribution in [3.63, 3.8) is 0 Å². The summed E-state index contributed by atoms with van der Waals surface area (Å²) in [6, 6.07) is 11.3. The number of hydrogen-bond acceptors (Lipinski definition) is 4. The third kappa shape index (κ3) is 4.50. The Morgan fingerprint density at radius 2 is 1.80 bits per heavy atom. The van der Waals surface area contributed by atoms with Gasteiger partial charge in [0.05, 0.1) is 11.1 Å². The van der Waals surface area contributed by atoms with Crippen molar-refractivity contribution in [1.82, 2.24) is 5.32 Å². The van der Waals surface area contributed by atoms with Crippen molar-refractivity contribution in [2.45, 2.75) is 6.18 Å². The fourth-order valence-corrected chi connectivity index (χ4v) is 2.02.